The Labute approximate surface area is 136 Å². The number of nitrogens with one attached hydrogen (secondary N) is 2. The van der Waals surface area contributed by atoms with Crippen molar-refractivity contribution in [1.82, 2.24) is 0 Å². The van der Waals surface area contributed by atoms with Gasteiger partial charge in [0, 0.05) is 11.3 Å². The summed E-state index contributed by atoms with van der Waals surface area (Å²) < 4.78 is 37.4. The first kappa shape index (κ1) is 17.5. The van der Waals surface area contributed by atoms with Crippen LogP contribution < -0.4 is 10.6 Å². The van der Waals surface area contributed by atoms with E-state index in [9.17, 15) is 22.8 Å². The van der Waals surface area contributed by atoms with E-state index in [0.717, 1.165) is 12.1 Å². The number of Topliss-reactive ketones (excluding diaryl/α,β-unsaturated/α-hetero) is 1. The van der Waals surface area contributed by atoms with E-state index in [-0.39, 0.29) is 12.3 Å². The van der Waals surface area contributed by atoms with Gasteiger partial charge in [0.25, 0.3) is 0 Å². The van der Waals surface area contributed by atoms with Crippen LogP contribution in [0.4, 0.5) is 24.5 Å². The third kappa shape index (κ3) is 4.58. The summed E-state index contributed by atoms with van der Waals surface area (Å²) in [4.78, 5) is 23.4. The summed E-state index contributed by atoms with van der Waals surface area (Å²) >= 11 is 0. The van der Waals surface area contributed by atoms with E-state index >= 15 is 0 Å². The second-order valence-electron chi connectivity index (χ2n) is 5.08. The van der Waals surface area contributed by atoms with Crippen molar-refractivity contribution in [1.29, 1.82) is 0 Å². The number of hydrogen-bond acceptors (Lipinski definition) is 3. The van der Waals surface area contributed by atoms with Gasteiger partial charge in [-0.05, 0) is 43.3 Å². The molecule has 0 unspecified atom stereocenters. The second-order valence-corrected chi connectivity index (χ2v) is 5.08. The lowest BCUT2D eigenvalue weighted by Gasteiger charge is -2.11. The summed E-state index contributed by atoms with van der Waals surface area (Å²) in [6, 6.07) is 10.9. The van der Waals surface area contributed by atoms with Crippen LogP contribution in [0.25, 0.3) is 0 Å². The zero-order chi connectivity index (χ0) is 17.7. The molecule has 2 aromatic carbocycles. The number of benzene rings is 2. The van der Waals surface area contributed by atoms with Crippen LogP contribution in [0.15, 0.2) is 48.5 Å². The van der Waals surface area contributed by atoms with Crippen molar-refractivity contribution in [3.05, 3.63) is 59.7 Å². The fraction of sp³-hybridized carbons (Fsp3) is 0.176. The third-order valence-corrected chi connectivity index (χ3v) is 3.25. The molecular weight excluding hydrogens is 321 g/mol. The van der Waals surface area contributed by atoms with Gasteiger partial charge in [-0.3, -0.25) is 9.59 Å². The first-order valence-corrected chi connectivity index (χ1v) is 7.08. The summed E-state index contributed by atoms with van der Waals surface area (Å²) in [7, 11) is 0. The van der Waals surface area contributed by atoms with Crippen LogP contribution in [0.5, 0.6) is 0 Å². The molecule has 0 atom stereocenters. The van der Waals surface area contributed by atoms with Crippen molar-refractivity contribution in [2.45, 2.75) is 13.1 Å². The van der Waals surface area contributed by atoms with Crippen molar-refractivity contribution >= 4 is 23.1 Å². The van der Waals surface area contributed by atoms with E-state index in [0.29, 0.717) is 16.9 Å². The Morgan fingerprint density at radius 1 is 1.00 bits per heavy atom. The molecule has 0 saturated carbocycles. The molecular formula is C17H15F3N2O2. The SMILES string of the molecule is CC(=O)c1ccccc1NC(=O)CNc1ccc(C(F)(F)F)cc1. The number of hydrogen-bond donors (Lipinski definition) is 2. The molecule has 4 nitrogen and oxygen atoms in total. The van der Waals surface area contributed by atoms with E-state index in [1.54, 1.807) is 24.3 Å². The molecule has 0 bridgehead atoms. The molecule has 0 radical (unpaired) electrons. The van der Waals surface area contributed by atoms with E-state index in [1.807, 2.05) is 0 Å². The van der Waals surface area contributed by atoms with Crippen molar-refractivity contribution in [3.8, 4) is 0 Å². The maximum Gasteiger partial charge on any atom is 0.416 e. The third-order valence-electron chi connectivity index (χ3n) is 3.25. The molecule has 2 N–H and O–H groups in total. The lowest BCUT2D eigenvalue weighted by atomic mass is 10.1. The molecule has 0 aromatic heterocycles. The minimum atomic E-state index is -4.40. The highest BCUT2D eigenvalue weighted by molar-refractivity contribution is 6.04. The molecule has 0 fully saturated rings. The van der Waals surface area contributed by atoms with Crippen LogP contribution in [0.3, 0.4) is 0 Å². The fourth-order valence-corrected chi connectivity index (χ4v) is 2.05. The van der Waals surface area contributed by atoms with E-state index in [2.05, 4.69) is 10.6 Å². The Hall–Kier alpha value is -2.83. The van der Waals surface area contributed by atoms with Crippen molar-refractivity contribution in [2.75, 3.05) is 17.2 Å². The van der Waals surface area contributed by atoms with Crippen molar-refractivity contribution < 1.29 is 22.8 Å². The number of amides is 1. The minimum Gasteiger partial charge on any atom is -0.376 e. The van der Waals surface area contributed by atoms with Gasteiger partial charge in [-0.25, -0.2) is 0 Å². The van der Waals surface area contributed by atoms with Crippen LogP contribution in [-0.2, 0) is 11.0 Å². The quantitative estimate of drug-likeness (QED) is 0.813. The fourth-order valence-electron chi connectivity index (χ4n) is 2.05. The highest BCUT2D eigenvalue weighted by Crippen LogP contribution is 2.29. The topological polar surface area (TPSA) is 58.2 Å². The molecule has 0 aliphatic heterocycles. The monoisotopic (exact) mass is 336 g/mol. The number of anilines is 2. The maximum absolute atomic E-state index is 12.5. The zero-order valence-corrected chi connectivity index (χ0v) is 12.8. The molecule has 2 rings (SSSR count). The predicted octanol–water partition coefficient (Wildman–Crippen LogP) is 3.96. The molecule has 7 heteroatoms. The number of carbonyl (C=O) groups is 2. The summed E-state index contributed by atoms with van der Waals surface area (Å²) in [5, 5.41) is 5.32. The predicted molar refractivity (Wildman–Crippen MR) is 85.0 cm³/mol. The zero-order valence-electron chi connectivity index (χ0n) is 12.8. The lowest BCUT2D eigenvalue weighted by Crippen LogP contribution is -2.22. The van der Waals surface area contributed by atoms with E-state index in [4.69, 9.17) is 0 Å². The number of alkyl halides is 3. The molecule has 0 aliphatic carbocycles. The summed E-state index contributed by atoms with van der Waals surface area (Å²) in [6.45, 7) is 1.25. The molecule has 1 amide bonds. The normalized spacial score (nSPS) is 11.0. The van der Waals surface area contributed by atoms with Gasteiger partial charge in [0.2, 0.25) is 5.91 Å². The maximum atomic E-state index is 12.5. The summed E-state index contributed by atoms with van der Waals surface area (Å²) in [6.07, 6.45) is -4.40. The first-order valence-electron chi connectivity index (χ1n) is 7.08. The van der Waals surface area contributed by atoms with Crippen LogP contribution in [-0.4, -0.2) is 18.2 Å². The Morgan fingerprint density at radius 2 is 1.62 bits per heavy atom. The Morgan fingerprint density at radius 3 is 2.21 bits per heavy atom. The lowest BCUT2D eigenvalue weighted by molar-refractivity contribution is -0.137. The number of ketones is 1. The van der Waals surface area contributed by atoms with Crippen LogP contribution in [0.2, 0.25) is 0 Å². The van der Waals surface area contributed by atoms with Gasteiger partial charge in [0.15, 0.2) is 5.78 Å². The standard InChI is InChI=1S/C17H15F3N2O2/c1-11(23)14-4-2-3-5-15(14)22-16(24)10-21-13-8-6-12(7-9-13)17(18,19)20/h2-9,21H,10H2,1H3,(H,22,24). The minimum absolute atomic E-state index is 0.141. The van der Waals surface area contributed by atoms with Gasteiger partial charge >= 0.3 is 6.18 Å². The Bertz CT molecular complexity index is 740. The smallest absolute Gasteiger partial charge is 0.376 e. The summed E-state index contributed by atoms with van der Waals surface area (Å²) in [5.41, 5.74) is 0.412. The van der Waals surface area contributed by atoms with Gasteiger partial charge in [0.05, 0.1) is 17.8 Å². The molecule has 24 heavy (non-hydrogen) atoms. The molecule has 126 valence electrons. The number of para-hydroxylation sites is 1. The van der Waals surface area contributed by atoms with Crippen LogP contribution >= 0.6 is 0 Å². The van der Waals surface area contributed by atoms with E-state index in [1.165, 1.54) is 19.1 Å². The van der Waals surface area contributed by atoms with Crippen molar-refractivity contribution in [2.24, 2.45) is 0 Å². The second kappa shape index (κ2) is 7.16. The Kier molecular flexibility index (Phi) is 5.23. The largest absolute Gasteiger partial charge is 0.416 e. The number of rotatable bonds is 5. The number of carbonyl (C=O) groups excluding carboxylic acids is 2. The molecule has 2 aromatic rings. The van der Waals surface area contributed by atoms with Gasteiger partial charge in [-0.15, -0.1) is 0 Å². The van der Waals surface area contributed by atoms with Gasteiger partial charge in [0.1, 0.15) is 0 Å². The van der Waals surface area contributed by atoms with E-state index < -0.39 is 17.6 Å². The Balaban J connectivity index is 1.96. The van der Waals surface area contributed by atoms with Gasteiger partial charge in [-0.1, -0.05) is 12.1 Å². The van der Waals surface area contributed by atoms with Gasteiger partial charge < -0.3 is 10.6 Å². The average molecular weight is 336 g/mol. The summed E-state index contributed by atoms with van der Waals surface area (Å²) in [5.74, 6) is -0.592. The van der Waals surface area contributed by atoms with Gasteiger partial charge in [-0.2, -0.15) is 13.2 Å². The molecule has 0 heterocycles. The molecule has 0 saturated heterocycles. The highest BCUT2D eigenvalue weighted by Gasteiger charge is 2.29. The first-order chi connectivity index (χ1) is 11.3. The molecule has 0 spiro atoms. The van der Waals surface area contributed by atoms with Crippen LogP contribution in [0.1, 0.15) is 22.8 Å². The highest BCUT2D eigenvalue weighted by atomic mass is 19.4. The van der Waals surface area contributed by atoms with Crippen LogP contribution in [0, 0.1) is 0 Å². The number of halogens is 3. The molecule has 0 aliphatic rings. The van der Waals surface area contributed by atoms with Crippen molar-refractivity contribution in [3.63, 3.8) is 0 Å². The average Bonchev–Trinajstić information content (AvgIpc) is 2.53.